The quantitative estimate of drug-likeness (QED) is 0.797. The number of halogens is 1. The van der Waals surface area contributed by atoms with E-state index in [2.05, 4.69) is 27.0 Å². The smallest absolute Gasteiger partial charge is 0.132 e. The van der Waals surface area contributed by atoms with Gasteiger partial charge in [-0.15, -0.1) is 11.3 Å². The number of hydrogen-bond donors (Lipinski definition) is 0. The van der Waals surface area contributed by atoms with E-state index >= 15 is 0 Å². The monoisotopic (exact) mass is 278 g/mol. The van der Waals surface area contributed by atoms with E-state index in [9.17, 15) is 0 Å². The number of aryl methyl sites for hydroxylation is 1. The largest absolute Gasteiger partial charge is 0.240 e. The third kappa shape index (κ3) is 2.09. The second-order valence-corrected chi connectivity index (χ2v) is 5.15. The Morgan fingerprint density at radius 1 is 1.47 bits per heavy atom. The molecule has 15 heavy (non-hydrogen) atoms. The molecule has 0 saturated carbocycles. The molecule has 4 heteroatoms. The number of nitriles is 1. The first-order valence-electron chi connectivity index (χ1n) is 4.34. The predicted molar refractivity (Wildman–Crippen MR) is 64.7 cm³/mol. The number of thiazole rings is 1. The second kappa shape index (κ2) is 4.13. The van der Waals surface area contributed by atoms with Crippen molar-refractivity contribution in [3.63, 3.8) is 0 Å². The molecular formula is C11H7BrN2S. The molecule has 0 aliphatic rings. The van der Waals surface area contributed by atoms with Gasteiger partial charge in [-0.1, -0.05) is 28.1 Å². The van der Waals surface area contributed by atoms with Crippen LogP contribution in [0.1, 0.15) is 9.88 Å². The van der Waals surface area contributed by atoms with Gasteiger partial charge in [0, 0.05) is 10.0 Å². The molecule has 2 rings (SSSR count). The Morgan fingerprint density at radius 3 is 2.93 bits per heavy atom. The first-order valence-corrected chi connectivity index (χ1v) is 5.95. The normalized spacial score (nSPS) is 9.93. The molecule has 0 fully saturated rings. The Hall–Kier alpha value is -1.18. The molecular weight excluding hydrogens is 272 g/mol. The van der Waals surface area contributed by atoms with Crippen molar-refractivity contribution in [1.82, 2.24) is 4.98 Å². The highest BCUT2D eigenvalue weighted by Gasteiger charge is 2.10. The summed E-state index contributed by atoms with van der Waals surface area (Å²) in [5.41, 5.74) is 1.76. The lowest BCUT2D eigenvalue weighted by molar-refractivity contribution is 1.29. The zero-order chi connectivity index (χ0) is 10.8. The van der Waals surface area contributed by atoms with E-state index in [4.69, 9.17) is 5.26 Å². The van der Waals surface area contributed by atoms with Crippen molar-refractivity contribution in [2.24, 2.45) is 0 Å². The summed E-state index contributed by atoms with van der Waals surface area (Å²) in [5.74, 6) is 0. The Labute approximate surface area is 100 Å². The molecule has 2 nitrogen and oxygen atoms in total. The fourth-order valence-electron chi connectivity index (χ4n) is 1.33. The van der Waals surface area contributed by atoms with Crippen LogP contribution in [0.3, 0.4) is 0 Å². The highest BCUT2D eigenvalue weighted by atomic mass is 79.9. The summed E-state index contributed by atoms with van der Waals surface area (Å²) in [4.78, 5) is 5.04. The van der Waals surface area contributed by atoms with Gasteiger partial charge in [-0.05, 0) is 19.1 Å². The van der Waals surface area contributed by atoms with Crippen LogP contribution in [0.4, 0.5) is 0 Å². The summed E-state index contributed by atoms with van der Waals surface area (Å²) in [6.45, 7) is 1.91. The molecule has 0 aliphatic carbocycles. The van der Waals surface area contributed by atoms with E-state index in [1.165, 1.54) is 11.3 Å². The van der Waals surface area contributed by atoms with Gasteiger partial charge in [0.05, 0.1) is 10.7 Å². The number of aromatic nitrogens is 1. The van der Waals surface area contributed by atoms with E-state index in [1.807, 2.05) is 31.2 Å². The second-order valence-electron chi connectivity index (χ2n) is 3.03. The topological polar surface area (TPSA) is 36.7 Å². The lowest BCUT2D eigenvalue weighted by atomic mass is 10.1. The summed E-state index contributed by atoms with van der Waals surface area (Å²) in [6, 6.07) is 9.99. The Kier molecular flexibility index (Phi) is 2.85. The zero-order valence-corrected chi connectivity index (χ0v) is 10.4. The molecule has 1 aromatic carbocycles. The van der Waals surface area contributed by atoms with Crippen LogP contribution in [0, 0.1) is 18.3 Å². The van der Waals surface area contributed by atoms with Crippen molar-refractivity contribution < 1.29 is 0 Å². The van der Waals surface area contributed by atoms with Crippen molar-refractivity contribution in [3.05, 3.63) is 38.6 Å². The van der Waals surface area contributed by atoms with Gasteiger partial charge in [0.1, 0.15) is 10.9 Å². The van der Waals surface area contributed by atoms with E-state index in [0.29, 0.717) is 4.88 Å². The van der Waals surface area contributed by atoms with Gasteiger partial charge in [-0.25, -0.2) is 4.98 Å². The summed E-state index contributed by atoms with van der Waals surface area (Å²) in [6.07, 6.45) is 0. The average molecular weight is 279 g/mol. The molecule has 0 unspecified atom stereocenters. The third-order valence-corrected chi connectivity index (χ3v) is 3.30. The van der Waals surface area contributed by atoms with Gasteiger partial charge in [-0.2, -0.15) is 5.26 Å². The molecule has 0 bridgehead atoms. The lowest BCUT2D eigenvalue weighted by Crippen LogP contribution is -1.81. The lowest BCUT2D eigenvalue weighted by Gasteiger charge is -1.97. The number of nitrogens with zero attached hydrogens (tertiary/aromatic N) is 2. The summed E-state index contributed by atoms with van der Waals surface area (Å²) >= 11 is 4.83. The van der Waals surface area contributed by atoms with E-state index < -0.39 is 0 Å². The standard InChI is InChI=1S/C11H7BrN2S/c1-7-14-11(10(6-13)15-7)8-3-2-4-9(12)5-8/h2-5H,1H3. The van der Waals surface area contributed by atoms with Crippen LogP contribution in [-0.2, 0) is 0 Å². The Bertz CT molecular complexity index is 540. The molecule has 0 amide bonds. The first-order chi connectivity index (χ1) is 7.20. The first kappa shape index (κ1) is 10.3. The van der Waals surface area contributed by atoms with Gasteiger partial charge in [0.25, 0.3) is 0 Å². The number of rotatable bonds is 1. The van der Waals surface area contributed by atoms with Gasteiger partial charge >= 0.3 is 0 Å². The molecule has 1 aromatic heterocycles. The summed E-state index contributed by atoms with van der Waals surface area (Å²) in [5, 5.41) is 9.89. The fourth-order valence-corrected chi connectivity index (χ4v) is 2.47. The van der Waals surface area contributed by atoms with E-state index in [1.54, 1.807) is 0 Å². The number of hydrogen-bond acceptors (Lipinski definition) is 3. The molecule has 0 atom stereocenters. The molecule has 0 aliphatic heterocycles. The molecule has 0 radical (unpaired) electrons. The van der Waals surface area contributed by atoms with Crippen LogP contribution in [0.15, 0.2) is 28.7 Å². The Balaban J connectivity index is 2.59. The average Bonchev–Trinajstić information content (AvgIpc) is 2.59. The summed E-state index contributed by atoms with van der Waals surface area (Å²) < 4.78 is 0.995. The van der Waals surface area contributed by atoms with Crippen molar-refractivity contribution >= 4 is 27.3 Å². The van der Waals surface area contributed by atoms with Gasteiger partial charge in [0.15, 0.2) is 0 Å². The van der Waals surface area contributed by atoms with Gasteiger partial charge in [0.2, 0.25) is 0 Å². The fraction of sp³-hybridized carbons (Fsp3) is 0.0909. The predicted octanol–water partition coefficient (Wildman–Crippen LogP) is 3.75. The van der Waals surface area contributed by atoms with Crippen LogP contribution in [0.25, 0.3) is 11.3 Å². The van der Waals surface area contributed by atoms with E-state index in [0.717, 1.165) is 20.7 Å². The van der Waals surface area contributed by atoms with Crippen LogP contribution >= 0.6 is 27.3 Å². The van der Waals surface area contributed by atoms with Crippen LogP contribution in [0.2, 0.25) is 0 Å². The van der Waals surface area contributed by atoms with Crippen LogP contribution in [-0.4, -0.2) is 4.98 Å². The highest BCUT2D eigenvalue weighted by molar-refractivity contribution is 9.10. The van der Waals surface area contributed by atoms with E-state index in [-0.39, 0.29) is 0 Å². The molecule has 2 aromatic rings. The van der Waals surface area contributed by atoms with Crippen LogP contribution in [0.5, 0.6) is 0 Å². The van der Waals surface area contributed by atoms with Crippen LogP contribution < -0.4 is 0 Å². The SMILES string of the molecule is Cc1nc(-c2cccc(Br)c2)c(C#N)s1. The maximum atomic E-state index is 8.97. The van der Waals surface area contributed by atoms with Crippen molar-refractivity contribution in [2.75, 3.05) is 0 Å². The Morgan fingerprint density at radius 2 is 2.27 bits per heavy atom. The van der Waals surface area contributed by atoms with Gasteiger partial charge < -0.3 is 0 Å². The molecule has 0 saturated heterocycles. The molecule has 0 spiro atoms. The minimum atomic E-state index is 0.672. The summed E-state index contributed by atoms with van der Waals surface area (Å²) in [7, 11) is 0. The minimum Gasteiger partial charge on any atom is -0.240 e. The maximum absolute atomic E-state index is 8.97. The molecule has 1 heterocycles. The van der Waals surface area contributed by atoms with Crippen molar-refractivity contribution in [2.45, 2.75) is 6.92 Å². The zero-order valence-electron chi connectivity index (χ0n) is 7.99. The highest BCUT2D eigenvalue weighted by Crippen LogP contribution is 2.28. The van der Waals surface area contributed by atoms with Gasteiger partial charge in [-0.3, -0.25) is 0 Å². The number of benzene rings is 1. The van der Waals surface area contributed by atoms with Crippen molar-refractivity contribution in [1.29, 1.82) is 5.26 Å². The minimum absolute atomic E-state index is 0.672. The maximum Gasteiger partial charge on any atom is 0.132 e. The molecule has 74 valence electrons. The molecule has 0 N–H and O–H groups in total. The third-order valence-electron chi connectivity index (χ3n) is 1.93. The van der Waals surface area contributed by atoms with Crippen molar-refractivity contribution in [3.8, 4) is 17.3 Å².